The Balaban J connectivity index is 1.56. The molecule has 194 valence electrons. The average Bonchev–Trinajstić information content (AvgIpc) is 2.92. The van der Waals surface area contributed by atoms with Gasteiger partial charge in [0.1, 0.15) is 0 Å². The number of hydrogen-bond donors (Lipinski definition) is 4. The fraction of sp³-hybridized carbons (Fsp3) is 0.286. The molecule has 1 fully saturated rings. The van der Waals surface area contributed by atoms with Crippen molar-refractivity contribution in [2.75, 3.05) is 17.6 Å². The van der Waals surface area contributed by atoms with E-state index in [1.807, 2.05) is 55.5 Å². The molecule has 37 heavy (non-hydrogen) atoms. The third-order valence-electron chi connectivity index (χ3n) is 5.91. The first-order chi connectivity index (χ1) is 18.0. The zero-order valence-electron chi connectivity index (χ0n) is 20.4. The van der Waals surface area contributed by atoms with Crippen molar-refractivity contribution in [3.05, 3.63) is 95.1 Å². The van der Waals surface area contributed by atoms with Gasteiger partial charge in [0.2, 0.25) is 0 Å². The Labute approximate surface area is 220 Å². The zero-order chi connectivity index (χ0) is 26.2. The number of benzene rings is 3. The minimum atomic E-state index is -0.966. The van der Waals surface area contributed by atoms with E-state index in [9.17, 15) is 19.8 Å². The smallest absolute Gasteiger partial charge is 0.336 e. The summed E-state index contributed by atoms with van der Waals surface area (Å²) in [5.74, 6) is -0.432. The Hall–Kier alpha value is -3.37. The lowest BCUT2D eigenvalue weighted by Gasteiger charge is -2.36. The maximum atomic E-state index is 12.0. The standard InChI is InChI=1S/C28H30N2O6S/c1-2-29-28(34)30-21-7-5-6-20(14-21)27-35-22(17-37-25-9-4-3-8-23(25)26(32)33)15-24(36-27)19-12-10-18(16-31)11-13-19/h3-14,22,24,27,31H,2,15-17H2,1H3,(H,32,33)(H2,29,30,34)/t22-,24+,27+/m1/s1. The Morgan fingerprint density at radius 3 is 2.51 bits per heavy atom. The van der Waals surface area contributed by atoms with Crippen molar-refractivity contribution in [1.29, 1.82) is 0 Å². The van der Waals surface area contributed by atoms with Crippen molar-refractivity contribution in [2.24, 2.45) is 0 Å². The van der Waals surface area contributed by atoms with Crippen LogP contribution in [-0.4, -0.2) is 40.6 Å². The van der Waals surface area contributed by atoms with Crippen molar-refractivity contribution in [3.8, 4) is 0 Å². The topological polar surface area (TPSA) is 117 Å². The second kappa shape index (κ2) is 12.7. The molecule has 3 aromatic rings. The summed E-state index contributed by atoms with van der Waals surface area (Å²) in [6.07, 6.45) is -0.610. The third-order valence-corrected chi connectivity index (χ3v) is 7.12. The molecule has 4 N–H and O–H groups in total. The van der Waals surface area contributed by atoms with Crippen LogP contribution in [0.3, 0.4) is 0 Å². The Bertz CT molecular complexity index is 1220. The lowest BCUT2D eigenvalue weighted by molar-refractivity contribution is -0.245. The van der Waals surface area contributed by atoms with Crippen LogP contribution in [0.5, 0.6) is 0 Å². The molecule has 9 heteroatoms. The number of aliphatic hydroxyl groups is 1. The number of carbonyl (C=O) groups excluding carboxylic acids is 1. The van der Waals surface area contributed by atoms with Crippen LogP contribution in [0.15, 0.2) is 77.7 Å². The minimum absolute atomic E-state index is 0.0365. The summed E-state index contributed by atoms with van der Waals surface area (Å²) in [4.78, 5) is 24.3. The highest BCUT2D eigenvalue weighted by molar-refractivity contribution is 7.99. The van der Waals surface area contributed by atoms with E-state index in [1.165, 1.54) is 11.8 Å². The number of nitrogens with one attached hydrogen (secondary N) is 2. The molecule has 0 aromatic heterocycles. The summed E-state index contributed by atoms with van der Waals surface area (Å²) < 4.78 is 12.7. The Kier molecular flexibility index (Phi) is 9.19. The van der Waals surface area contributed by atoms with Crippen molar-refractivity contribution >= 4 is 29.4 Å². The average molecular weight is 523 g/mol. The summed E-state index contributed by atoms with van der Waals surface area (Å²) in [7, 11) is 0. The van der Waals surface area contributed by atoms with Crippen molar-refractivity contribution < 1.29 is 29.3 Å². The molecule has 0 saturated carbocycles. The summed E-state index contributed by atoms with van der Waals surface area (Å²) in [5, 5.41) is 24.5. The molecule has 2 amide bonds. The van der Waals surface area contributed by atoms with E-state index in [0.29, 0.717) is 29.3 Å². The molecular formula is C28H30N2O6S. The van der Waals surface area contributed by atoms with Crippen LogP contribution in [0.25, 0.3) is 0 Å². The number of urea groups is 1. The number of aromatic carboxylic acids is 1. The van der Waals surface area contributed by atoms with Crippen molar-refractivity contribution in [1.82, 2.24) is 5.32 Å². The fourth-order valence-electron chi connectivity index (χ4n) is 4.07. The van der Waals surface area contributed by atoms with Crippen LogP contribution in [0.2, 0.25) is 0 Å². The first-order valence-corrected chi connectivity index (χ1v) is 13.1. The van der Waals surface area contributed by atoms with E-state index < -0.39 is 12.3 Å². The van der Waals surface area contributed by atoms with Gasteiger partial charge >= 0.3 is 12.0 Å². The zero-order valence-corrected chi connectivity index (χ0v) is 21.2. The second-order valence-corrected chi connectivity index (χ2v) is 9.63. The van der Waals surface area contributed by atoms with Gasteiger partial charge in [-0.25, -0.2) is 9.59 Å². The van der Waals surface area contributed by atoms with Gasteiger partial charge in [-0.2, -0.15) is 0 Å². The lowest BCUT2D eigenvalue weighted by atomic mass is 10.0. The van der Waals surface area contributed by atoms with Gasteiger partial charge in [0.05, 0.1) is 24.4 Å². The number of amides is 2. The number of ether oxygens (including phenoxy) is 2. The normalized spacial score (nSPS) is 19.2. The molecule has 0 bridgehead atoms. The van der Waals surface area contributed by atoms with E-state index in [4.69, 9.17) is 9.47 Å². The van der Waals surface area contributed by atoms with Gasteiger partial charge in [-0.05, 0) is 42.3 Å². The number of hydrogen-bond acceptors (Lipinski definition) is 6. The quantitative estimate of drug-likeness (QED) is 0.280. The summed E-state index contributed by atoms with van der Waals surface area (Å²) in [5.41, 5.74) is 3.41. The van der Waals surface area contributed by atoms with Gasteiger partial charge in [-0.1, -0.05) is 48.5 Å². The molecule has 0 radical (unpaired) electrons. The van der Waals surface area contributed by atoms with Gasteiger partial charge in [-0.15, -0.1) is 11.8 Å². The molecule has 0 aliphatic carbocycles. The molecule has 1 saturated heterocycles. The maximum absolute atomic E-state index is 12.0. The highest BCUT2D eigenvalue weighted by Crippen LogP contribution is 2.40. The summed E-state index contributed by atoms with van der Waals surface area (Å²) >= 11 is 1.44. The molecule has 1 aliphatic rings. The van der Waals surface area contributed by atoms with E-state index in [-0.39, 0.29) is 30.4 Å². The fourth-order valence-corrected chi connectivity index (χ4v) is 5.14. The predicted molar refractivity (Wildman–Crippen MR) is 142 cm³/mol. The van der Waals surface area contributed by atoms with Gasteiger partial charge < -0.3 is 30.3 Å². The lowest BCUT2D eigenvalue weighted by Crippen LogP contribution is -2.31. The Morgan fingerprint density at radius 2 is 1.78 bits per heavy atom. The highest BCUT2D eigenvalue weighted by Gasteiger charge is 2.32. The largest absolute Gasteiger partial charge is 0.478 e. The monoisotopic (exact) mass is 522 g/mol. The number of thioether (sulfide) groups is 1. The van der Waals surface area contributed by atoms with Crippen LogP contribution in [-0.2, 0) is 16.1 Å². The first-order valence-electron chi connectivity index (χ1n) is 12.1. The van der Waals surface area contributed by atoms with Gasteiger partial charge in [-0.3, -0.25) is 0 Å². The number of carboxylic acids is 1. The van der Waals surface area contributed by atoms with Crippen molar-refractivity contribution in [2.45, 2.75) is 43.3 Å². The first kappa shape index (κ1) is 26.7. The highest BCUT2D eigenvalue weighted by atomic mass is 32.2. The molecule has 8 nitrogen and oxygen atoms in total. The molecule has 1 aliphatic heterocycles. The van der Waals surface area contributed by atoms with E-state index >= 15 is 0 Å². The van der Waals surface area contributed by atoms with Gasteiger partial charge in [0.15, 0.2) is 6.29 Å². The number of carbonyl (C=O) groups is 2. The minimum Gasteiger partial charge on any atom is -0.478 e. The van der Waals surface area contributed by atoms with Crippen molar-refractivity contribution in [3.63, 3.8) is 0 Å². The molecule has 3 aromatic carbocycles. The van der Waals surface area contributed by atoms with Crippen LogP contribution in [0.1, 0.15) is 52.8 Å². The number of carboxylic acid groups (broad SMARTS) is 1. The van der Waals surface area contributed by atoms with Gasteiger partial charge in [0.25, 0.3) is 0 Å². The molecular weight excluding hydrogens is 492 g/mol. The Morgan fingerprint density at radius 1 is 1.00 bits per heavy atom. The van der Waals surface area contributed by atoms with Crippen LogP contribution < -0.4 is 10.6 Å². The summed E-state index contributed by atoms with van der Waals surface area (Å²) in [6, 6.07) is 21.6. The number of anilines is 1. The maximum Gasteiger partial charge on any atom is 0.336 e. The van der Waals surface area contributed by atoms with Crippen LogP contribution >= 0.6 is 11.8 Å². The molecule has 3 atom stereocenters. The third kappa shape index (κ3) is 7.11. The van der Waals surface area contributed by atoms with Crippen LogP contribution in [0, 0.1) is 0 Å². The second-order valence-electron chi connectivity index (χ2n) is 8.57. The number of rotatable bonds is 9. The van der Waals surface area contributed by atoms with E-state index in [1.54, 1.807) is 24.3 Å². The van der Waals surface area contributed by atoms with E-state index in [2.05, 4.69) is 10.6 Å². The molecule has 0 spiro atoms. The molecule has 1 heterocycles. The SMILES string of the molecule is CCNC(=O)Nc1cccc([C@H]2O[C@@H](CSc3ccccc3C(=O)O)C[C@@H](c3ccc(CO)cc3)O2)c1. The molecule has 4 rings (SSSR count). The predicted octanol–water partition coefficient (Wildman–Crippen LogP) is 5.36. The molecule has 0 unspecified atom stereocenters. The van der Waals surface area contributed by atoms with Crippen LogP contribution in [0.4, 0.5) is 10.5 Å². The summed E-state index contributed by atoms with van der Waals surface area (Å²) in [6.45, 7) is 2.33. The van der Waals surface area contributed by atoms with E-state index in [0.717, 1.165) is 16.7 Å². The van der Waals surface area contributed by atoms with Gasteiger partial charge in [0, 0.05) is 34.9 Å². The number of aliphatic hydroxyl groups excluding tert-OH is 1.